The molecule has 0 atom stereocenters. The number of nitrogens with zero attached hydrogens (tertiary/aromatic N) is 1. The van der Waals surface area contributed by atoms with Crippen molar-refractivity contribution >= 4 is 10.4 Å². The number of imidazole rings is 1. The third kappa shape index (κ3) is 8.99. The Morgan fingerprint density at radius 2 is 2.31 bits per heavy atom. The fourth-order valence-electron chi connectivity index (χ4n) is 0.493. The summed E-state index contributed by atoms with van der Waals surface area (Å²) in [6.07, 6.45) is 3.53. The maximum atomic E-state index is 9.56. The van der Waals surface area contributed by atoms with E-state index < -0.39 is 10.4 Å². The van der Waals surface area contributed by atoms with Crippen molar-refractivity contribution in [3.63, 3.8) is 0 Å². The van der Waals surface area contributed by atoms with Gasteiger partial charge in [-0.3, -0.25) is 4.55 Å². The molecule has 1 aromatic rings. The molecule has 0 bridgehead atoms. The van der Waals surface area contributed by atoms with E-state index in [9.17, 15) is 8.42 Å². The lowest BCUT2D eigenvalue weighted by Gasteiger charge is -1.88. The zero-order valence-corrected chi connectivity index (χ0v) is 8.21. The molecule has 7 heteroatoms. The first-order valence-electron chi connectivity index (χ1n) is 3.53. The van der Waals surface area contributed by atoms with Gasteiger partial charge >= 0.3 is 10.4 Å². The molecule has 0 spiro atoms. The van der Waals surface area contributed by atoms with Crippen molar-refractivity contribution in [1.29, 1.82) is 0 Å². The Labute approximate surface area is 76.9 Å². The molecule has 1 heterocycles. The Balaban J connectivity index is 0.000000223. The monoisotopic (exact) mass is 208 g/mol. The molecule has 0 aliphatic rings. The molecule has 0 radical (unpaired) electrons. The van der Waals surface area contributed by atoms with Gasteiger partial charge in [-0.25, -0.2) is 9.17 Å². The molecule has 13 heavy (non-hydrogen) atoms. The van der Waals surface area contributed by atoms with Crippen molar-refractivity contribution in [2.45, 2.75) is 13.8 Å². The Morgan fingerprint density at radius 3 is 2.38 bits per heavy atom. The molecule has 1 rings (SSSR count). The largest absolute Gasteiger partial charge is 0.397 e. The van der Waals surface area contributed by atoms with Crippen LogP contribution in [0.15, 0.2) is 12.4 Å². The maximum absolute atomic E-state index is 9.56. The summed E-state index contributed by atoms with van der Waals surface area (Å²) in [6, 6.07) is 0. The van der Waals surface area contributed by atoms with Crippen LogP contribution in [0.5, 0.6) is 0 Å². The smallest absolute Gasteiger partial charge is 0.349 e. The van der Waals surface area contributed by atoms with E-state index in [1.165, 1.54) is 6.92 Å². The minimum atomic E-state index is -4.17. The predicted molar refractivity (Wildman–Crippen MR) is 46.5 cm³/mol. The Hall–Kier alpha value is -0.920. The normalized spacial score (nSPS) is 10.4. The highest BCUT2D eigenvalue weighted by Crippen LogP contribution is 1.81. The first kappa shape index (κ1) is 12.1. The van der Waals surface area contributed by atoms with Crippen LogP contribution in [0, 0.1) is 6.92 Å². The van der Waals surface area contributed by atoms with E-state index in [4.69, 9.17) is 4.55 Å². The number of H-pyrrole nitrogens is 1. The second-order valence-corrected chi connectivity index (χ2v) is 3.10. The van der Waals surface area contributed by atoms with E-state index in [0.717, 1.165) is 5.82 Å². The standard InChI is InChI=1S/C4H6N2.C2H6O4S/c1-4-5-2-3-6-4;1-2-6-7(3,4)5/h2-3H,1H3,(H,5,6);2H2,1H3,(H,3,4,5). The van der Waals surface area contributed by atoms with Crippen molar-refractivity contribution in [2.75, 3.05) is 6.61 Å². The van der Waals surface area contributed by atoms with Crippen LogP contribution in [-0.4, -0.2) is 29.5 Å². The van der Waals surface area contributed by atoms with Crippen LogP contribution in [0.1, 0.15) is 12.7 Å². The van der Waals surface area contributed by atoms with Gasteiger partial charge in [-0.15, -0.1) is 0 Å². The average Bonchev–Trinajstić information content (AvgIpc) is 2.38. The summed E-state index contributed by atoms with van der Waals surface area (Å²) in [5, 5.41) is 0. The molecule has 0 fully saturated rings. The van der Waals surface area contributed by atoms with E-state index in [1.807, 2.05) is 6.92 Å². The molecule has 0 aliphatic heterocycles. The minimum absolute atomic E-state index is 0.0289. The number of aryl methyl sites for hydroxylation is 1. The van der Waals surface area contributed by atoms with E-state index in [2.05, 4.69) is 14.2 Å². The van der Waals surface area contributed by atoms with Gasteiger partial charge in [0.25, 0.3) is 0 Å². The van der Waals surface area contributed by atoms with Crippen LogP contribution in [0.3, 0.4) is 0 Å². The molecule has 76 valence electrons. The highest BCUT2D eigenvalue weighted by Gasteiger charge is 1.98. The van der Waals surface area contributed by atoms with Crippen LogP contribution >= 0.6 is 0 Å². The first-order chi connectivity index (χ1) is 5.95. The molecular formula is C6H12N2O4S. The van der Waals surface area contributed by atoms with Crippen LogP contribution in [0.4, 0.5) is 0 Å². The molecule has 6 nitrogen and oxygen atoms in total. The zero-order valence-electron chi connectivity index (χ0n) is 7.39. The zero-order chi connectivity index (χ0) is 10.3. The number of aromatic nitrogens is 2. The number of aromatic amines is 1. The summed E-state index contributed by atoms with van der Waals surface area (Å²) in [5.41, 5.74) is 0. The lowest BCUT2D eigenvalue weighted by atomic mass is 10.8. The molecule has 0 aliphatic carbocycles. The Kier molecular flexibility index (Phi) is 5.28. The Bertz CT molecular complexity index is 305. The van der Waals surface area contributed by atoms with Crippen molar-refractivity contribution in [2.24, 2.45) is 0 Å². The molecule has 2 N–H and O–H groups in total. The predicted octanol–water partition coefficient (Wildman–Crippen LogP) is 0.544. The van der Waals surface area contributed by atoms with Gasteiger partial charge in [-0.05, 0) is 13.8 Å². The first-order valence-corrected chi connectivity index (χ1v) is 4.90. The fraction of sp³-hybridized carbons (Fsp3) is 0.500. The second-order valence-electron chi connectivity index (χ2n) is 2.01. The number of nitrogens with one attached hydrogen (secondary N) is 1. The maximum Gasteiger partial charge on any atom is 0.397 e. The van der Waals surface area contributed by atoms with E-state index >= 15 is 0 Å². The molecule has 1 aromatic heterocycles. The molecule has 0 aromatic carbocycles. The van der Waals surface area contributed by atoms with Crippen molar-refractivity contribution in [1.82, 2.24) is 9.97 Å². The van der Waals surface area contributed by atoms with Gasteiger partial charge in [-0.1, -0.05) is 0 Å². The summed E-state index contributed by atoms with van der Waals surface area (Å²) in [5.74, 6) is 0.968. The lowest BCUT2D eigenvalue weighted by molar-refractivity contribution is 0.283. The highest BCUT2D eigenvalue weighted by molar-refractivity contribution is 7.80. The third-order valence-electron chi connectivity index (χ3n) is 0.902. The third-order valence-corrected chi connectivity index (χ3v) is 1.44. The highest BCUT2D eigenvalue weighted by atomic mass is 32.3. The fourth-order valence-corrected chi connectivity index (χ4v) is 0.791. The number of hydrogen-bond donors (Lipinski definition) is 2. The summed E-state index contributed by atoms with van der Waals surface area (Å²) < 4.78 is 30.7. The van der Waals surface area contributed by atoms with E-state index in [0.29, 0.717) is 0 Å². The Morgan fingerprint density at radius 1 is 1.69 bits per heavy atom. The number of rotatable bonds is 2. The van der Waals surface area contributed by atoms with Gasteiger partial charge in [0.2, 0.25) is 0 Å². The molecule has 0 saturated heterocycles. The van der Waals surface area contributed by atoms with Crippen molar-refractivity contribution < 1.29 is 17.2 Å². The van der Waals surface area contributed by atoms with Crippen molar-refractivity contribution in [3.05, 3.63) is 18.2 Å². The van der Waals surface area contributed by atoms with Crippen LogP contribution in [0.2, 0.25) is 0 Å². The molecule has 0 unspecified atom stereocenters. The van der Waals surface area contributed by atoms with Crippen LogP contribution in [-0.2, 0) is 14.6 Å². The summed E-state index contributed by atoms with van der Waals surface area (Å²) in [4.78, 5) is 6.75. The molecule has 0 amide bonds. The minimum Gasteiger partial charge on any atom is -0.349 e. The van der Waals surface area contributed by atoms with Crippen molar-refractivity contribution in [3.8, 4) is 0 Å². The second kappa shape index (κ2) is 5.68. The summed E-state index contributed by atoms with van der Waals surface area (Å²) in [7, 11) is -4.17. The topological polar surface area (TPSA) is 92.3 Å². The van der Waals surface area contributed by atoms with E-state index in [-0.39, 0.29) is 6.61 Å². The number of hydrogen-bond acceptors (Lipinski definition) is 4. The molecule has 0 saturated carbocycles. The van der Waals surface area contributed by atoms with E-state index in [1.54, 1.807) is 12.4 Å². The average molecular weight is 208 g/mol. The van der Waals surface area contributed by atoms with Gasteiger partial charge < -0.3 is 4.98 Å². The summed E-state index contributed by atoms with van der Waals surface area (Å²) in [6.45, 7) is 3.35. The van der Waals surface area contributed by atoms with Gasteiger partial charge in [0.1, 0.15) is 5.82 Å². The summed E-state index contributed by atoms with van der Waals surface area (Å²) >= 11 is 0. The van der Waals surface area contributed by atoms with Gasteiger partial charge in [0.05, 0.1) is 6.61 Å². The quantitative estimate of drug-likeness (QED) is 0.692. The SMILES string of the molecule is CCOS(=O)(=O)O.Cc1ncc[nH]1. The lowest BCUT2D eigenvalue weighted by Crippen LogP contribution is -2.01. The van der Waals surface area contributed by atoms with Crippen LogP contribution in [0.25, 0.3) is 0 Å². The molecular weight excluding hydrogens is 196 g/mol. The van der Waals surface area contributed by atoms with Gasteiger partial charge in [0, 0.05) is 12.4 Å². The van der Waals surface area contributed by atoms with Gasteiger partial charge in [-0.2, -0.15) is 8.42 Å². The van der Waals surface area contributed by atoms with Gasteiger partial charge in [0.15, 0.2) is 0 Å². The van der Waals surface area contributed by atoms with Crippen LogP contribution < -0.4 is 0 Å².